The van der Waals surface area contributed by atoms with Gasteiger partial charge in [-0.2, -0.15) is 0 Å². The standard InChI is InChI=1S/C23H30O5/c1-23(16-8-3-2-7-11-22(26)27)18(13-15-21(23)25)12-14-19(24)17-28-20-9-5-4-6-10-20/h3-6,8-10,13,19,24H,2,7,11-12,14-17H2,1H3,(H,26,27)/b8-3-/t19-,23+/m0/s1. The Morgan fingerprint density at radius 2 is 2.04 bits per heavy atom. The van der Waals surface area contributed by atoms with Gasteiger partial charge in [0.1, 0.15) is 18.1 Å². The number of carbonyl (C=O) groups excluding carboxylic acids is 1. The molecule has 5 heteroatoms. The summed E-state index contributed by atoms with van der Waals surface area (Å²) in [6, 6.07) is 9.39. The Kier molecular flexibility index (Phi) is 8.45. The second kappa shape index (κ2) is 10.8. The molecule has 0 heterocycles. The molecule has 0 saturated carbocycles. The first-order valence-corrected chi connectivity index (χ1v) is 9.87. The Labute approximate surface area is 166 Å². The van der Waals surface area contributed by atoms with Crippen LogP contribution in [0.4, 0.5) is 0 Å². The van der Waals surface area contributed by atoms with Crippen molar-refractivity contribution >= 4 is 11.8 Å². The van der Waals surface area contributed by atoms with Crippen LogP contribution in [-0.2, 0) is 9.59 Å². The quantitative estimate of drug-likeness (QED) is 0.413. The molecule has 152 valence electrons. The van der Waals surface area contributed by atoms with Crippen LogP contribution >= 0.6 is 0 Å². The number of para-hydroxylation sites is 1. The first-order chi connectivity index (χ1) is 13.4. The van der Waals surface area contributed by atoms with Crippen molar-refractivity contribution in [3.63, 3.8) is 0 Å². The Bertz CT molecular complexity index is 707. The summed E-state index contributed by atoms with van der Waals surface area (Å²) in [4.78, 5) is 22.9. The van der Waals surface area contributed by atoms with Gasteiger partial charge in [0, 0.05) is 12.8 Å². The van der Waals surface area contributed by atoms with Crippen molar-refractivity contribution in [2.24, 2.45) is 5.41 Å². The highest BCUT2D eigenvalue weighted by Gasteiger charge is 2.38. The number of aliphatic hydroxyl groups is 1. The van der Waals surface area contributed by atoms with Crippen molar-refractivity contribution in [3.05, 3.63) is 54.1 Å². The number of aliphatic carboxylic acids is 1. The van der Waals surface area contributed by atoms with Gasteiger partial charge in [0.2, 0.25) is 0 Å². The zero-order valence-electron chi connectivity index (χ0n) is 16.5. The molecule has 0 aromatic heterocycles. The third-order valence-electron chi connectivity index (χ3n) is 5.24. The SMILES string of the molecule is C[C@]1(C/C=C\CCCC(=O)O)C(=O)CC=C1CC[C@H](O)COc1ccccc1. The highest BCUT2D eigenvalue weighted by Crippen LogP contribution is 2.41. The molecule has 2 rings (SSSR count). The summed E-state index contributed by atoms with van der Waals surface area (Å²) in [5.74, 6) is 0.147. The predicted molar refractivity (Wildman–Crippen MR) is 108 cm³/mol. The van der Waals surface area contributed by atoms with Crippen molar-refractivity contribution in [1.29, 1.82) is 0 Å². The molecule has 0 bridgehead atoms. The minimum Gasteiger partial charge on any atom is -0.491 e. The van der Waals surface area contributed by atoms with Gasteiger partial charge in [-0.05, 0) is 51.2 Å². The molecule has 0 fully saturated rings. The number of carbonyl (C=O) groups is 2. The van der Waals surface area contributed by atoms with Gasteiger partial charge in [0.25, 0.3) is 0 Å². The third kappa shape index (κ3) is 6.64. The van der Waals surface area contributed by atoms with Crippen LogP contribution in [0.3, 0.4) is 0 Å². The van der Waals surface area contributed by atoms with Crippen LogP contribution < -0.4 is 4.74 Å². The van der Waals surface area contributed by atoms with Crippen LogP contribution in [0.25, 0.3) is 0 Å². The van der Waals surface area contributed by atoms with Gasteiger partial charge in [-0.25, -0.2) is 0 Å². The van der Waals surface area contributed by atoms with Crippen LogP contribution in [0, 0.1) is 5.41 Å². The fourth-order valence-corrected chi connectivity index (χ4v) is 3.39. The van der Waals surface area contributed by atoms with E-state index < -0.39 is 17.5 Å². The van der Waals surface area contributed by atoms with Crippen molar-refractivity contribution in [2.45, 2.75) is 58.0 Å². The lowest BCUT2D eigenvalue weighted by molar-refractivity contribution is -0.137. The van der Waals surface area contributed by atoms with E-state index in [-0.39, 0.29) is 18.8 Å². The smallest absolute Gasteiger partial charge is 0.303 e. The fraction of sp³-hybridized carbons (Fsp3) is 0.478. The van der Waals surface area contributed by atoms with Crippen LogP contribution in [0.15, 0.2) is 54.1 Å². The summed E-state index contributed by atoms with van der Waals surface area (Å²) in [5.41, 5.74) is 0.551. The first kappa shape index (κ1) is 21.9. The van der Waals surface area contributed by atoms with E-state index in [9.17, 15) is 14.7 Å². The zero-order chi connectivity index (χ0) is 20.4. The maximum absolute atomic E-state index is 12.4. The van der Waals surface area contributed by atoms with E-state index in [0.717, 1.165) is 11.3 Å². The number of carboxylic acids is 1. The number of ether oxygens (including phenoxy) is 1. The lowest BCUT2D eigenvalue weighted by Gasteiger charge is -2.26. The molecule has 2 atom stereocenters. The Morgan fingerprint density at radius 1 is 1.29 bits per heavy atom. The number of allylic oxidation sites excluding steroid dienone is 4. The average molecular weight is 386 g/mol. The molecular weight excluding hydrogens is 356 g/mol. The van der Waals surface area contributed by atoms with E-state index in [1.165, 1.54) is 0 Å². The molecule has 5 nitrogen and oxygen atoms in total. The fourth-order valence-electron chi connectivity index (χ4n) is 3.39. The van der Waals surface area contributed by atoms with Crippen LogP contribution in [0.5, 0.6) is 5.75 Å². The summed E-state index contributed by atoms with van der Waals surface area (Å²) in [6.45, 7) is 2.19. The molecule has 1 aromatic carbocycles. The molecule has 0 saturated heterocycles. The van der Waals surface area contributed by atoms with E-state index >= 15 is 0 Å². The molecule has 0 radical (unpaired) electrons. The molecule has 0 aliphatic heterocycles. The van der Waals surface area contributed by atoms with E-state index in [4.69, 9.17) is 9.84 Å². The van der Waals surface area contributed by atoms with Gasteiger partial charge >= 0.3 is 5.97 Å². The number of hydrogen-bond acceptors (Lipinski definition) is 4. The number of rotatable bonds is 12. The zero-order valence-corrected chi connectivity index (χ0v) is 16.5. The Balaban J connectivity index is 1.78. The highest BCUT2D eigenvalue weighted by atomic mass is 16.5. The maximum Gasteiger partial charge on any atom is 0.303 e. The van der Waals surface area contributed by atoms with Crippen molar-refractivity contribution in [1.82, 2.24) is 0 Å². The molecule has 0 unspecified atom stereocenters. The number of benzene rings is 1. The summed E-state index contributed by atoms with van der Waals surface area (Å²) < 4.78 is 5.59. The molecule has 1 aromatic rings. The summed E-state index contributed by atoms with van der Waals surface area (Å²) in [7, 11) is 0. The van der Waals surface area contributed by atoms with Crippen molar-refractivity contribution in [2.75, 3.05) is 6.61 Å². The van der Waals surface area contributed by atoms with E-state index in [1.807, 2.05) is 55.5 Å². The second-order valence-corrected chi connectivity index (χ2v) is 7.47. The normalized spacial score (nSPS) is 20.4. The van der Waals surface area contributed by atoms with Gasteiger partial charge < -0.3 is 14.9 Å². The topological polar surface area (TPSA) is 83.8 Å². The number of aliphatic hydroxyl groups excluding tert-OH is 1. The van der Waals surface area contributed by atoms with Gasteiger partial charge in [-0.15, -0.1) is 0 Å². The monoisotopic (exact) mass is 386 g/mol. The van der Waals surface area contributed by atoms with E-state index in [1.54, 1.807) is 0 Å². The van der Waals surface area contributed by atoms with E-state index in [0.29, 0.717) is 38.5 Å². The molecule has 28 heavy (non-hydrogen) atoms. The number of Topliss-reactive ketones (excluding diaryl/α,β-unsaturated/α-hetero) is 1. The van der Waals surface area contributed by atoms with Gasteiger partial charge in [-0.1, -0.05) is 42.0 Å². The maximum atomic E-state index is 12.4. The van der Waals surface area contributed by atoms with Crippen molar-refractivity contribution in [3.8, 4) is 5.75 Å². The lowest BCUT2D eigenvalue weighted by atomic mass is 9.77. The molecule has 0 spiro atoms. The second-order valence-electron chi connectivity index (χ2n) is 7.47. The molecular formula is C23H30O5. The van der Waals surface area contributed by atoms with Gasteiger partial charge in [0.05, 0.1) is 11.5 Å². The van der Waals surface area contributed by atoms with Crippen LogP contribution in [-0.4, -0.2) is 34.7 Å². The molecule has 2 N–H and O–H groups in total. The highest BCUT2D eigenvalue weighted by molar-refractivity contribution is 5.92. The predicted octanol–water partition coefficient (Wildman–Crippen LogP) is 4.31. The summed E-state index contributed by atoms with van der Waals surface area (Å²) >= 11 is 0. The number of hydrogen-bond donors (Lipinski definition) is 2. The largest absolute Gasteiger partial charge is 0.491 e. The first-order valence-electron chi connectivity index (χ1n) is 9.87. The van der Waals surface area contributed by atoms with Crippen LogP contribution in [0.2, 0.25) is 0 Å². The Hall–Kier alpha value is -2.40. The molecule has 0 amide bonds. The molecule has 1 aliphatic rings. The van der Waals surface area contributed by atoms with Gasteiger partial charge in [-0.3, -0.25) is 9.59 Å². The minimum absolute atomic E-state index is 0.161. The molecule has 1 aliphatic carbocycles. The van der Waals surface area contributed by atoms with Crippen molar-refractivity contribution < 1.29 is 24.5 Å². The summed E-state index contributed by atoms with van der Waals surface area (Å²) in [6.07, 6.45) is 9.06. The number of unbranched alkanes of at least 4 members (excludes halogenated alkanes) is 1. The number of carboxylic acid groups (broad SMARTS) is 1. The lowest BCUT2D eigenvalue weighted by Crippen LogP contribution is -2.26. The third-order valence-corrected chi connectivity index (χ3v) is 5.24. The average Bonchev–Trinajstić information content (AvgIpc) is 2.96. The van der Waals surface area contributed by atoms with Gasteiger partial charge in [0.15, 0.2) is 0 Å². The summed E-state index contributed by atoms with van der Waals surface area (Å²) in [5, 5.41) is 18.9. The van der Waals surface area contributed by atoms with E-state index in [2.05, 4.69) is 0 Å². The van der Waals surface area contributed by atoms with Crippen LogP contribution in [0.1, 0.15) is 51.9 Å². The Morgan fingerprint density at radius 3 is 2.75 bits per heavy atom. The number of ketones is 1. The minimum atomic E-state index is -0.786.